The van der Waals surface area contributed by atoms with Gasteiger partial charge in [0, 0.05) is 6.04 Å². The van der Waals surface area contributed by atoms with Crippen molar-refractivity contribution < 1.29 is 4.43 Å². The molecule has 13 heavy (non-hydrogen) atoms. The lowest BCUT2D eigenvalue weighted by Gasteiger charge is -2.34. The molecule has 0 saturated carbocycles. The molecule has 3 heteroatoms. The van der Waals surface area contributed by atoms with Crippen LogP contribution in [0.5, 0.6) is 0 Å². The van der Waals surface area contributed by atoms with Crippen LogP contribution in [0.2, 0.25) is 5.04 Å². The van der Waals surface area contributed by atoms with E-state index in [9.17, 15) is 0 Å². The standard InChI is InChI=1S/C10H25NOSi/c1-7-8(11)10(5,6)12-13-9(2,3)4/h8H,7,11,13H2,1-6H3/t8-/m0/s1. The van der Waals surface area contributed by atoms with Gasteiger partial charge in [-0.15, -0.1) is 0 Å². The van der Waals surface area contributed by atoms with E-state index in [0.29, 0.717) is 5.04 Å². The Morgan fingerprint density at radius 3 is 2.00 bits per heavy atom. The Balaban J connectivity index is 4.03. The average Bonchev–Trinajstić information content (AvgIpc) is 1.98. The fraction of sp³-hybridized carbons (Fsp3) is 1.00. The van der Waals surface area contributed by atoms with E-state index >= 15 is 0 Å². The van der Waals surface area contributed by atoms with Crippen molar-refractivity contribution >= 4 is 9.76 Å². The molecule has 0 rings (SSSR count). The molecule has 0 aliphatic carbocycles. The molecule has 0 amide bonds. The summed E-state index contributed by atoms with van der Waals surface area (Å²) in [6, 6.07) is 0.155. The Labute approximate surface area is 85.2 Å². The maximum absolute atomic E-state index is 5.98. The molecular formula is C10H25NOSi. The van der Waals surface area contributed by atoms with Crippen molar-refractivity contribution in [3.63, 3.8) is 0 Å². The van der Waals surface area contributed by atoms with Gasteiger partial charge in [0.15, 0.2) is 9.76 Å². The van der Waals surface area contributed by atoms with Crippen LogP contribution in [0.3, 0.4) is 0 Å². The quantitative estimate of drug-likeness (QED) is 0.707. The minimum Gasteiger partial charge on any atom is -0.417 e. The van der Waals surface area contributed by atoms with E-state index in [4.69, 9.17) is 10.2 Å². The van der Waals surface area contributed by atoms with E-state index in [1.54, 1.807) is 0 Å². The number of rotatable bonds is 4. The van der Waals surface area contributed by atoms with Crippen molar-refractivity contribution in [2.45, 2.75) is 64.6 Å². The second-order valence-corrected chi connectivity index (χ2v) is 8.17. The fourth-order valence-corrected chi connectivity index (χ4v) is 2.02. The summed E-state index contributed by atoms with van der Waals surface area (Å²) in [5, 5.41) is 0.352. The molecule has 0 aromatic heterocycles. The molecule has 0 aliphatic heterocycles. The lowest BCUT2D eigenvalue weighted by atomic mass is 9.98. The van der Waals surface area contributed by atoms with Crippen molar-refractivity contribution in [2.75, 3.05) is 0 Å². The first-order valence-electron chi connectivity index (χ1n) is 5.08. The van der Waals surface area contributed by atoms with Gasteiger partial charge in [0.2, 0.25) is 0 Å². The molecule has 0 aromatic rings. The van der Waals surface area contributed by atoms with Crippen molar-refractivity contribution in [1.29, 1.82) is 0 Å². The van der Waals surface area contributed by atoms with E-state index in [0.717, 1.165) is 6.42 Å². The third-order valence-corrected chi connectivity index (χ3v) is 3.96. The van der Waals surface area contributed by atoms with Crippen molar-refractivity contribution in [3.8, 4) is 0 Å². The summed E-state index contributed by atoms with van der Waals surface area (Å²) in [7, 11) is -0.487. The van der Waals surface area contributed by atoms with Crippen molar-refractivity contribution in [1.82, 2.24) is 0 Å². The van der Waals surface area contributed by atoms with Crippen molar-refractivity contribution in [2.24, 2.45) is 5.73 Å². The number of hydrogen-bond acceptors (Lipinski definition) is 2. The van der Waals surface area contributed by atoms with E-state index in [1.165, 1.54) is 0 Å². The Kier molecular flexibility index (Phi) is 4.62. The lowest BCUT2D eigenvalue weighted by Crippen LogP contribution is -2.46. The Morgan fingerprint density at radius 1 is 1.23 bits per heavy atom. The highest BCUT2D eigenvalue weighted by atomic mass is 28.2. The van der Waals surface area contributed by atoms with E-state index in [2.05, 4.69) is 41.5 Å². The van der Waals surface area contributed by atoms with Gasteiger partial charge in [0.05, 0.1) is 5.60 Å². The molecule has 0 aliphatic rings. The summed E-state index contributed by atoms with van der Waals surface area (Å²) in [6.07, 6.45) is 0.978. The monoisotopic (exact) mass is 203 g/mol. The highest BCUT2D eigenvalue weighted by Crippen LogP contribution is 2.24. The molecule has 0 bridgehead atoms. The predicted molar refractivity (Wildman–Crippen MR) is 61.7 cm³/mol. The zero-order valence-electron chi connectivity index (χ0n) is 9.98. The Hall–Kier alpha value is 0.137. The Morgan fingerprint density at radius 2 is 1.69 bits per heavy atom. The SMILES string of the molecule is CC[C@H](N)C(C)(C)O[SiH2]C(C)(C)C. The summed E-state index contributed by atoms with van der Waals surface area (Å²) >= 11 is 0. The van der Waals surface area contributed by atoms with Gasteiger partial charge in [-0.05, 0) is 25.3 Å². The summed E-state index contributed by atoms with van der Waals surface area (Å²) in [5.74, 6) is 0. The maximum atomic E-state index is 5.98. The molecule has 2 N–H and O–H groups in total. The molecule has 0 spiro atoms. The highest BCUT2D eigenvalue weighted by molar-refractivity contribution is 6.31. The van der Waals surface area contributed by atoms with Gasteiger partial charge in [0.25, 0.3) is 0 Å². The zero-order chi connectivity index (χ0) is 10.7. The van der Waals surface area contributed by atoms with Gasteiger partial charge < -0.3 is 10.2 Å². The van der Waals surface area contributed by atoms with Gasteiger partial charge >= 0.3 is 0 Å². The topological polar surface area (TPSA) is 35.2 Å². The number of hydrogen-bond donors (Lipinski definition) is 1. The third-order valence-electron chi connectivity index (χ3n) is 2.21. The lowest BCUT2D eigenvalue weighted by molar-refractivity contribution is 0.0784. The predicted octanol–water partition coefficient (Wildman–Crippen LogP) is 1.82. The molecule has 0 heterocycles. The van der Waals surface area contributed by atoms with Crippen LogP contribution in [-0.4, -0.2) is 21.4 Å². The van der Waals surface area contributed by atoms with Gasteiger partial charge in [0.1, 0.15) is 0 Å². The second-order valence-electron chi connectivity index (χ2n) is 5.47. The van der Waals surface area contributed by atoms with Crippen LogP contribution >= 0.6 is 0 Å². The molecule has 80 valence electrons. The summed E-state index contributed by atoms with van der Waals surface area (Å²) in [4.78, 5) is 0. The Bertz CT molecular complexity index is 151. The molecule has 0 radical (unpaired) electrons. The molecular weight excluding hydrogens is 178 g/mol. The van der Waals surface area contributed by atoms with Crippen LogP contribution in [0.15, 0.2) is 0 Å². The molecule has 1 atom stereocenters. The minimum absolute atomic E-state index is 0.145. The first-order valence-corrected chi connectivity index (χ1v) is 6.37. The summed E-state index contributed by atoms with van der Waals surface area (Å²) < 4.78 is 5.96. The van der Waals surface area contributed by atoms with Crippen LogP contribution < -0.4 is 5.73 Å². The minimum atomic E-state index is -0.487. The van der Waals surface area contributed by atoms with Gasteiger partial charge in [-0.25, -0.2) is 0 Å². The van der Waals surface area contributed by atoms with Gasteiger partial charge in [-0.2, -0.15) is 0 Å². The molecule has 0 saturated heterocycles. The smallest absolute Gasteiger partial charge is 0.167 e. The molecule has 2 nitrogen and oxygen atoms in total. The zero-order valence-corrected chi connectivity index (χ0v) is 11.4. The van der Waals surface area contributed by atoms with Crippen LogP contribution in [-0.2, 0) is 4.43 Å². The molecule has 0 fully saturated rings. The molecule has 0 unspecified atom stereocenters. The normalized spacial score (nSPS) is 16.8. The first-order chi connectivity index (χ1) is 5.69. The van der Waals surface area contributed by atoms with E-state index < -0.39 is 9.76 Å². The first kappa shape index (κ1) is 13.1. The largest absolute Gasteiger partial charge is 0.417 e. The van der Waals surface area contributed by atoms with Gasteiger partial charge in [-0.3, -0.25) is 0 Å². The summed E-state index contributed by atoms with van der Waals surface area (Å²) in [5.41, 5.74) is 5.83. The van der Waals surface area contributed by atoms with E-state index in [-0.39, 0.29) is 11.6 Å². The second kappa shape index (κ2) is 4.58. The van der Waals surface area contributed by atoms with Crippen molar-refractivity contribution in [3.05, 3.63) is 0 Å². The molecule has 0 aromatic carbocycles. The fourth-order valence-electron chi connectivity index (χ4n) is 1.00. The third kappa shape index (κ3) is 5.44. The van der Waals surface area contributed by atoms with E-state index in [1.807, 2.05) is 0 Å². The van der Waals surface area contributed by atoms with Crippen LogP contribution in [0.4, 0.5) is 0 Å². The summed E-state index contributed by atoms with van der Waals surface area (Å²) in [6.45, 7) is 13.0. The van der Waals surface area contributed by atoms with Crippen LogP contribution in [0.25, 0.3) is 0 Å². The average molecular weight is 203 g/mol. The highest BCUT2D eigenvalue weighted by Gasteiger charge is 2.27. The van der Waals surface area contributed by atoms with Gasteiger partial charge in [-0.1, -0.05) is 27.7 Å². The van der Waals surface area contributed by atoms with Crippen LogP contribution in [0.1, 0.15) is 48.0 Å². The maximum Gasteiger partial charge on any atom is 0.167 e. The van der Waals surface area contributed by atoms with Crippen LogP contribution in [0, 0.1) is 0 Å². The number of nitrogens with two attached hydrogens (primary N) is 1.